The molecule has 0 fully saturated rings. The Morgan fingerprint density at radius 2 is 2.03 bits per heavy atom. The number of pyridine rings is 1. The summed E-state index contributed by atoms with van der Waals surface area (Å²) in [5.41, 5.74) is 5.73. The molecule has 1 heterocycles. The normalized spacial score (nSPS) is 10.6. The molecule has 0 radical (unpaired) electrons. The molecule has 0 aliphatic carbocycles. The Hall–Kier alpha value is -3.64. The second-order valence-corrected chi connectivity index (χ2v) is 6.83. The Balaban J connectivity index is 2.03. The van der Waals surface area contributed by atoms with Gasteiger partial charge in [0, 0.05) is 48.8 Å². The quantitative estimate of drug-likeness (QED) is 0.423. The lowest BCUT2D eigenvalue weighted by Gasteiger charge is -2.21. The van der Waals surface area contributed by atoms with Crippen LogP contribution >= 0.6 is 0 Å². The molecule has 1 aromatic carbocycles. The first-order valence-electron chi connectivity index (χ1n) is 10.2. The van der Waals surface area contributed by atoms with Crippen LogP contribution in [0.1, 0.15) is 36.2 Å². The summed E-state index contributed by atoms with van der Waals surface area (Å²) in [6.45, 7) is 7.64. The van der Waals surface area contributed by atoms with Gasteiger partial charge in [0.15, 0.2) is 6.61 Å². The van der Waals surface area contributed by atoms with Crippen molar-refractivity contribution in [3.63, 3.8) is 0 Å². The van der Waals surface area contributed by atoms with Crippen LogP contribution in [0.3, 0.4) is 0 Å². The molecule has 1 N–H and O–H groups in total. The van der Waals surface area contributed by atoms with Gasteiger partial charge in [0.25, 0.3) is 5.91 Å². The molecule has 9 heteroatoms. The second kappa shape index (κ2) is 12.3. The molecule has 2 rings (SSSR count). The average Bonchev–Trinajstić information content (AvgIpc) is 2.79. The lowest BCUT2D eigenvalue weighted by molar-refractivity contribution is -0.123. The molecule has 0 unspecified atom stereocenters. The molecule has 0 aliphatic heterocycles. The summed E-state index contributed by atoms with van der Waals surface area (Å²) in [4.78, 5) is 18.6. The number of amides is 1. The zero-order valence-electron chi connectivity index (χ0n) is 19.1. The summed E-state index contributed by atoms with van der Waals surface area (Å²) >= 11 is 0. The first kappa shape index (κ1) is 24.6. The van der Waals surface area contributed by atoms with Gasteiger partial charge in [0.1, 0.15) is 17.4 Å². The molecule has 0 atom stereocenters. The minimum Gasteiger partial charge on any atom is -0.496 e. The molecule has 1 aromatic heterocycles. The molecule has 2 aromatic rings. The number of nitriles is 1. The van der Waals surface area contributed by atoms with Gasteiger partial charge in [0.05, 0.1) is 19.9 Å². The summed E-state index contributed by atoms with van der Waals surface area (Å²) in [5, 5.41) is 13.4. The van der Waals surface area contributed by atoms with E-state index in [1.54, 1.807) is 20.1 Å². The van der Waals surface area contributed by atoms with Crippen LogP contribution in [0, 0.1) is 18.3 Å². The Morgan fingerprint density at radius 3 is 2.66 bits per heavy atom. The van der Waals surface area contributed by atoms with Gasteiger partial charge >= 0.3 is 0 Å². The van der Waals surface area contributed by atoms with Gasteiger partial charge in [-0.2, -0.15) is 10.4 Å². The third-order valence-electron chi connectivity index (χ3n) is 4.69. The van der Waals surface area contributed by atoms with Gasteiger partial charge < -0.3 is 19.1 Å². The Labute approximate surface area is 188 Å². The molecule has 0 saturated carbocycles. The third kappa shape index (κ3) is 6.43. The first-order chi connectivity index (χ1) is 15.5. The molecule has 0 spiro atoms. The SMILES string of the molecule is CCN(CC)c1ccc(C=NNC(=O)COc2nc(C)cc(COC)c2C#N)c(OC)c1. The third-order valence-corrected chi connectivity index (χ3v) is 4.69. The van der Waals surface area contributed by atoms with E-state index >= 15 is 0 Å². The fourth-order valence-corrected chi connectivity index (χ4v) is 3.14. The molecule has 1 amide bonds. The lowest BCUT2D eigenvalue weighted by Crippen LogP contribution is -2.25. The molecule has 9 nitrogen and oxygen atoms in total. The van der Waals surface area contributed by atoms with Crippen molar-refractivity contribution in [2.45, 2.75) is 27.4 Å². The van der Waals surface area contributed by atoms with Crippen LogP contribution in [-0.4, -0.2) is 51.0 Å². The standard InChI is InChI=1S/C23H29N5O4/c1-6-28(7-2)19-9-8-17(21(11-19)31-5)13-25-27-22(29)15-32-23-20(12-24)18(14-30-4)10-16(3)26-23/h8-11,13H,6-7,14-15H2,1-5H3,(H,27,29). The van der Waals surface area contributed by atoms with Crippen molar-refractivity contribution in [2.24, 2.45) is 5.10 Å². The maximum absolute atomic E-state index is 12.2. The average molecular weight is 440 g/mol. The van der Waals surface area contributed by atoms with E-state index in [-0.39, 0.29) is 24.7 Å². The highest BCUT2D eigenvalue weighted by atomic mass is 16.5. The van der Waals surface area contributed by atoms with Crippen LogP contribution in [0.2, 0.25) is 0 Å². The van der Waals surface area contributed by atoms with Crippen molar-refractivity contribution in [3.05, 3.63) is 46.6 Å². The number of hydrogen-bond acceptors (Lipinski definition) is 8. The fourth-order valence-electron chi connectivity index (χ4n) is 3.14. The van der Waals surface area contributed by atoms with E-state index in [9.17, 15) is 10.1 Å². The van der Waals surface area contributed by atoms with E-state index in [4.69, 9.17) is 14.2 Å². The Kier molecular flexibility index (Phi) is 9.44. The number of ether oxygens (including phenoxy) is 3. The van der Waals surface area contributed by atoms with Gasteiger partial charge in [-0.3, -0.25) is 4.79 Å². The van der Waals surface area contributed by atoms with E-state index in [0.717, 1.165) is 24.3 Å². The molecular formula is C23H29N5O4. The highest BCUT2D eigenvalue weighted by molar-refractivity contribution is 5.86. The van der Waals surface area contributed by atoms with E-state index < -0.39 is 5.91 Å². The van der Waals surface area contributed by atoms with E-state index in [1.807, 2.05) is 18.2 Å². The minimum absolute atomic E-state index is 0.0901. The summed E-state index contributed by atoms with van der Waals surface area (Å²) in [6.07, 6.45) is 1.51. The second-order valence-electron chi connectivity index (χ2n) is 6.83. The number of aryl methyl sites for hydroxylation is 1. The van der Waals surface area contributed by atoms with E-state index in [0.29, 0.717) is 17.0 Å². The molecule has 0 bridgehead atoms. The highest BCUT2D eigenvalue weighted by Gasteiger charge is 2.14. The van der Waals surface area contributed by atoms with Crippen molar-refractivity contribution < 1.29 is 19.0 Å². The van der Waals surface area contributed by atoms with Gasteiger partial charge in [0.2, 0.25) is 5.88 Å². The van der Waals surface area contributed by atoms with Crippen molar-refractivity contribution in [1.29, 1.82) is 5.26 Å². The fraction of sp³-hybridized carbons (Fsp3) is 0.391. The summed E-state index contributed by atoms with van der Waals surface area (Å²) in [5.74, 6) is 0.254. The largest absolute Gasteiger partial charge is 0.496 e. The van der Waals surface area contributed by atoms with Crippen molar-refractivity contribution >= 4 is 17.8 Å². The molecule has 32 heavy (non-hydrogen) atoms. The Morgan fingerprint density at radius 1 is 1.28 bits per heavy atom. The minimum atomic E-state index is -0.486. The first-order valence-corrected chi connectivity index (χ1v) is 10.2. The number of benzene rings is 1. The Bertz CT molecular complexity index is 997. The van der Waals surface area contributed by atoms with Gasteiger partial charge in [-0.15, -0.1) is 0 Å². The summed E-state index contributed by atoms with van der Waals surface area (Å²) in [7, 11) is 3.12. The summed E-state index contributed by atoms with van der Waals surface area (Å²) < 4.78 is 16.0. The number of hydrazone groups is 1. The van der Waals surface area contributed by atoms with E-state index in [1.165, 1.54) is 13.3 Å². The number of nitrogens with zero attached hydrogens (tertiary/aromatic N) is 4. The van der Waals surface area contributed by atoms with Crippen LogP contribution in [0.25, 0.3) is 0 Å². The number of methoxy groups -OCH3 is 2. The van der Waals surface area contributed by atoms with Gasteiger partial charge in [-0.1, -0.05) is 0 Å². The zero-order valence-corrected chi connectivity index (χ0v) is 19.1. The zero-order chi connectivity index (χ0) is 23.5. The number of carbonyl (C=O) groups excluding carboxylic acids is 1. The summed E-state index contributed by atoms with van der Waals surface area (Å²) in [6, 6.07) is 9.59. The number of rotatable bonds is 11. The smallest absolute Gasteiger partial charge is 0.278 e. The molecule has 0 saturated heterocycles. The van der Waals surface area contributed by atoms with Crippen molar-refractivity contribution in [2.75, 3.05) is 38.8 Å². The number of aromatic nitrogens is 1. The van der Waals surface area contributed by atoms with Gasteiger partial charge in [-0.25, -0.2) is 10.4 Å². The van der Waals surface area contributed by atoms with Crippen LogP contribution in [0.15, 0.2) is 29.4 Å². The predicted octanol–water partition coefficient (Wildman–Crippen LogP) is 2.79. The lowest BCUT2D eigenvalue weighted by atomic mass is 10.1. The topological polar surface area (TPSA) is 109 Å². The number of hydrogen-bond donors (Lipinski definition) is 1. The van der Waals surface area contributed by atoms with Crippen molar-refractivity contribution in [3.8, 4) is 17.7 Å². The van der Waals surface area contributed by atoms with E-state index in [2.05, 4.69) is 40.3 Å². The van der Waals surface area contributed by atoms with Crippen LogP contribution in [0.4, 0.5) is 5.69 Å². The van der Waals surface area contributed by atoms with Crippen LogP contribution < -0.4 is 19.8 Å². The molecule has 170 valence electrons. The monoisotopic (exact) mass is 439 g/mol. The predicted molar refractivity (Wildman–Crippen MR) is 122 cm³/mol. The maximum Gasteiger partial charge on any atom is 0.278 e. The number of nitrogens with one attached hydrogen (secondary N) is 1. The number of anilines is 1. The number of carbonyl (C=O) groups is 1. The van der Waals surface area contributed by atoms with Crippen molar-refractivity contribution in [1.82, 2.24) is 10.4 Å². The molecule has 0 aliphatic rings. The molecular weight excluding hydrogens is 410 g/mol. The maximum atomic E-state index is 12.2. The van der Waals surface area contributed by atoms with Gasteiger partial charge in [-0.05, 0) is 39.0 Å². The highest BCUT2D eigenvalue weighted by Crippen LogP contribution is 2.24. The van der Waals surface area contributed by atoms with Crippen LogP contribution in [-0.2, 0) is 16.1 Å². The van der Waals surface area contributed by atoms with Crippen LogP contribution in [0.5, 0.6) is 11.6 Å².